The zero-order valence-corrected chi connectivity index (χ0v) is 25.5. The molecule has 3 heteroatoms. The fourth-order valence-corrected chi connectivity index (χ4v) is 7.73. The zero-order chi connectivity index (χ0) is 30.6. The molecule has 7 aromatic carbocycles. The lowest BCUT2D eigenvalue weighted by Crippen LogP contribution is -2.16. The fourth-order valence-electron chi connectivity index (χ4n) is 7.73. The summed E-state index contributed by atoms with van der Waals surface area (Å²) in [5, 5.41) is 6.84. The summed E-state index contributed by atoms with van der Waals surface area (Å²) in [6.45, 7) is 4.67. The summed E-state index contributed by atoms with van der Waals surface area (Å²) in [6, 6.07) is 50.0. The first-order valence-electron chi connectivity index (χ1n) is 15.8. The minimum absolute atomic E-state index is 0.103. The monoisotopic (exact) mass is 591 g/mol. The van der Waals surface area contributed by atoms with Crippen molar-refractivity contribution in [1.82, 2.24) is 0 Å². The number of hydrogen-bond donors (Lipinski definition) is 0. The van der Waals surface area contributed by atoms with E-state index in [0.29, 0.717) is 0 Å². The highest BCUT2D eigenvalue weighted by atomic mass is 16.3. The highest BCUT2D eigenvalue weighted by molar-refractivity contribution is 6.11. The number of hydrogen-bond acceptors (Lipinski definition) is 3. The maximum absolute atomic E-state index is 6.29. The van der Waals surface area contributed by atoms with Crippen molar-refractivity contribution in [3.05, 3.63) is 151 Å². The van der Waals surface area contributed by atoms with Crippen LogP contribution in [0.2, 0.25) is 0 Å². The van der Waals surface area contributed by atoms with Gasteiger partial charge in [-0.05, 0) is 99.8 Å². The summed E-state index contributed by atoms with van der Waals surface area (Å²) in [5.74, 6) is 0. The Hall–Kier alpha value is -5.80. The number of rotatable bonds is 3. The standard InChI is InChI=1S/C43H29NO2/c1-43(2)37-12-6-3-9-31(37)32-19-17-30(25-38(32)43)44(29-18-20-41-36(24-29)34-11-5-7-13-39(34)45-41)28-16-15-26-22-35-33-10-4-8-14-40(33)46-42(35)23-27(26)21-28/h3-25H,1-2H3. The minimum atomic E-state index is -0.103. The molecule has 3 nitrogen and oxygen atoms in total. The SMILES string of the molecule is CC1(C)c2ccccc2-c2ccc(N(c3ccc4cc5c(cc4c3)oc3ccccc35)c3ccc4oc5ccccc5c4c3)cc21. The van der Waals surface area contributed by atoms with Gasteiger partial charge in [0.15, 0.2) is 0 Å². The Balaban J connectivity index is 1.20. The van der Waals surface area contributed by atoms with Gasteiger partial charge in [0.05, 0.1) is 0 Å². The third-order valence-electron chi connectivity index (χ3n) is 10.0. The molecule has 0 atom stereocenters. The lowest BCUT2D eigenvalue weighted by molar-refractivity contribution is 0.660. The molecule has 0 saturated heterocycles. The van der Waals surface area contributed by atoms with Gasteiger partial charge in [-0.3, -0.25) is 0 Å². The van der Waals surface area contributed by atoms with Crippen molar-refractivity contribution in [2.75, 3.05) is 4.90 Å². The molecule has 0 radical (unpaired) electrons. The number of furan rings is 2. The van der Waals surface area contributed by atoms with Crippen LogP contribution in [0.3, 0.4) is 0 Å². The first-order valence-corrected chi connectivity index (χ1v) is 15.8. The lowest BCUT2D eigenvalue weighted by atomic mass is 9.82. The molecule has 0 spiro atoms. The molecule has 0 unspecified atom stereocenters. The Labute approximate surface area is 265 Å². The van der Waals surface area contributed by atoms with Gasteiger partial charge in [-0.2, -0.15) is 0 Å². The Morgan fingerprint density at radius 1 is 0.413 bits per heavy atom. The van der Waals surface area contributed by atoms with Crippen LogP contribution in [0, 0.1) is 0 Å². The van der Waals surface area contributed by atoms with Gasteiger partial charge in [-0.1, -0.05) is 86.6 Å². The van der Waals surface area contributed by atoms with E-state index in [4.69, 9.17) is 8.83 Å². The van der Waals surface area contributed by atoms with Crippen LogP contribution in [-0.2, 0) is 5.41 Å². The second-order valence-corrected chi connectivity index (χ2v) is 13.0. The number of para-hydroxylation sites is 2. The topological polar surface area (TPSA) is 29.5 Å². The third-order valence-corrected chi connectivity index (χ3v) is 10.0. The summed E-state index contributed by atoms with van der Waals surface area (Å²) < 4.78 is 12.5. The van der Waals surface area contributed by atoms with E-state index in [1.165, 1.54) is 27.6 Å². The molecule has 1 aliphatic rings. The molecule has 218 valence electrons. The van der Waals surface area contributed by atoms with Crippen LogP contribution >= 0.6 is 0 Å². The summed E-state index contributed by atoms with van der Waals surface area (Å²) in [7, 11) is 0. The molecule has 9 aromatic rings. The van der Waals surface area contributed by atoms with Crippen LogP contribution in [0.1, 0.15) is 25.0 Å². The Bertz CT molecular complexity index is 2690. The van der Waals surface area contributed by atoms with E-state index in [-0.39, 0.29) is 5.41 Å². The molecule has 46 heavy (non-hydrogen) atoms. The van der Waals surface area contributed by atoms with Gasteiger partial charge >= 0.3 is 0 Å². The molecule has 0 fully saturated rings. The predicted molar refractivity (Wildman–Crippen MR) is 191 cm³/mol. The molecular weight excluding hydrogens is 562 g/mol. The van der Waals surface area contributed by atoms with E-state index in [2.05, 4.69) is 134 Å². The number of fused-ring (bicyclic) bond motifs is 10. The second kappa shape index (κ2) is 9.12. The van der Waals surface area contributed by atoms with Gasteiger partial charge < -0.3 is 13.7 Å². The molecule has 2 aromatic heterocycles. The van der Waals surface area contributed by atoms with Gasteiger partial charge in [0.2, 0.25) is 0 Å². The number of benzene rings is 7. The van der Waals surface area contributed by atoms with Crippen molar-refractivity contribution in [1.29, 1.82) is 0 Å². The van der Waals surface area contributed by atoms with Crippen LogP contribution in [-0.4, -0.2) is 0 Å². The molecule has 10 rings (SSSR count). The quantitative estimate of drug-likeness (QED) is 0.205. The predicted octanol–water partition coefficient (Wildman–Crippen LogP) is 12.4. The first-order chi connectivity index (χ1) is 22.5. The third kappa shape index (κ3) is 3.54. The average molecular weight is 592 g/mol. The van der Waals surface area contributed by atoms with Crippen LogP contribution in [0.25, 0.3) is 65.8 Å². The van der Waals surface area contributed by atoms with Crippen molar-refractivity contribution in [2.45, 2.75) is 19.3 Å². The zero-order valence-electron chi connectivity index (χ0n) is 25.5. The van der Waals surface area contributed by atoms with Gasteiger partial charge in [-0.15, -0.1) is 0 Å². The van der Waals surface area contributed by atoms with Gasteiger partial charge in [0.1, 0.15) is 22.3 Å². The van der Waals surface area contributed by atoms with Crippen LogP contribution in [0.15, 0.2) is 148 Å². The van der Waals surface area contributed by atoms with Gasteiger partial charge in [-0.25, -0.2) is 0 Å². The maximum atomic E-state index is 6.29. The summed E-state index contributed by atoms with van der Waals surface area (Å²) in [4.78, 5) is 2.38. The molecule has 1 aliphatic carbocycles. The molecule has 0 bridgehead atoms. The fraction of sp³-hybridized carbons (Fsp3) is 0.0698. The van der Waals surface area contributed by atoms with E-state index in [9.17, 15) is 0 Å². The Morgan fingerprint density at radius 3 is 1.83 bits per heavy atom. The summed E-state index contributed by atoms with van der Waals surface area (Å²) in [6.07, 6.45) is 0. The average Bonchev–Trinajstić information content (AvgIpc) is 3.71. The van der Waals surface area contributed by atoms with Crippen molar-refractivity contribution in [3.8, 4) is 11.1 Å². The lowest BCUT2D eigenvalue weighted by Gasteiger charge is -2.28. The normalized spacial score (nSPS) is 13.6. The molecule has 0 N–H and O–H groups in total. The number of anilines is 3. The molecule has 0 aliphatic heterocycles. The van der Waals surface area contributed by atoms with Crippen molar-refractivity contribution in [3.63, 3.8) is 0 Å². The maximum Gasteiger partial charge on any atom is 0.136 e. The Morgan fingerprint density at radius 2 is 1.00 bits per heavy atom. The Kier molecular flexibility index (Phi) is 5.06. The van der Waals surface area contributed by atoms with Crippen LogP contribution in [0.4, 0.5) is 17.1 Å². The van der Waals surface area contributed by atoms with E-state index < -0.39 is 0 Å². The molecule has 2 heterocycles. The highest BCUT2D eigenvalue weighted by Crippen LogP contribution is 2.51. The highest BCUT2D eigenvalue weighted by Gasteiger charge is 2.35. The molecular formula is C43H29NO2. The summed E-state index contributed by atoms with van der Waals surface area (Å²) >= 11 is 0. The van der Waals surface area contributed by atoms with E-state index >= 15 is 0 Å². The van der Waals surface area contributed by atoms with Crippen molar-refractivity contribution < 1.29 is 8.83 Å². The van der Waals surface area contributed by atoms with Crippen LogP contribution < -0.4 is 4.90 Å². The van der Waals surface area contributed by atoms with Gasteiger partial charge in [0.25, 0.3) is 0 Å². The number of nitrogens with zero attached hydrogens (tertiary/aromatic N) is 1. The van der Waals surface area contributed by atoms with E-state index in [0.717, 1.165) is 66.3 Å². The van der Waals surface area contributed by atoms with Crippen molar-refractivity contribution >= 4 is 71.7 Å². The van der Waals surface area contributed by atoms with Crippen LogP contribution in [0.5, 0.6) is 0 Å². The van der Waals surface area contributed by atoms with E-state index in [1.807, 2.05) is 24.3 Å². The first kappa shape index (κ1) is 25.5. The minimum Gasteiger partial charge on any atom is -0.456 e. The molecule has 0 amide bonds. The summed E-state index contributed by atoms with van der Waals surface area (Å²) in [5.41, 5.74) is 12.2. The smallest absolute Gasteiger partial charge is 0.136 e. The second-order valence-electron chi connectivity index (χ2n) is 13.0. The van der Waals surface area contributed by atoms with Crippen molar-refractivity contribution in [2.24, 2.45) is 0 Å². The molecule has 0 saturated carbocycles. The largest absolute Gasteiger partial charge is 0.456 e. The van der Waals surface area contributed by atoms with Gasteiger partial charge in [0, 0.05) is 44.0 Å². The van der Waals surface area contributed by atoms with E-state index in [1.54, 1.807) is 0 Å².